The molecule has 6 nitrogen and oxygen atoms in total. The van der Waals surface area contributed by atoms with Crippen molar-refractivity contribution in [3.05, 3.63) is 46.6 Å². The summed E-state index contributed by atoms with van der Waals surface area (Å²) in [5.74, 6) is -0.405. The van der Waals surface area contributed by atoms with Crippen LogP contribution in [0, 0.1) is 0 Å². The van der Waals surface area contributed by atoms with Crippen LogP contribution < -0.4 is 10.2 Å². The molecule has 3 aromatic rings. The molecule has 23 heavy (non-hydrogen) atoms. The van der Waals surface area contributed by atoms with Crippen LogP contribution in [0.25, 0.3) is 22.3 Å². The van der Waals surface area contributed by atoms with Gasteiger partial charge >= 0.3 is 0 Å². The monoisotopic (exact) mass is 314 g/mol. The zero-order valence-electron chi connectivity index (χ0n) is 12.2. The van der Waals surface area contributed by atoms with E-state index in [0.29, 0.717) is 5.56 Å². The van der Waals surface area contributed by atoms with Gasteiger partial charge in [0.05, 0.1) is 6.61 Å². The molecule has 2 aromatic carbocycles. The topological polar surface area (TPSA) is 100 Å². The predicted octanol–water partition coefficient (Wildman–Crippen LogP) is 2.98. The van der Waals surface area contributed by atoms with E-state index >= 15 is 0 Å². The van der Waals surface area contributed by atoms with E-state index in [1.807, 2.05) is 0 Å². The van der Waals surface area contributed by atoms with Crippen LogP contribution in [-0.2, 0) is 0 Å². The van der Waals surface area contributed by atoms with Gasteiger partial charge in [-0.15, -0.1) is 0 Å². The van der Waals surface area contributed by atoms with Crippen molar-refractivity contribution in [3.63, 3.8) is 0 Å². The lowest BCUT2D eigenvalue weighted by molar-refractivity contribution is 0.329. The average molecular weight is 314 g/mol. The van der Waals surface area contributed by atoms with Crippen molar-refractivity contribution in [1.29, 1.82) is 0 Å². The molecule has 0 amide bonds. The fraction of sp³-hybridized carbons (Fsp3) is 0.118. The largest absolute Gasteiger partial charge is 0.508 e. The molecule has 3 N–H and O–H groups in total. The lowest BCUT2D eigenvalue weighted by Crippen LogP contribution is -2.10. The fourth-order valence-electron chi connectivity index (χ4n) is 2.35. The average Bonchev–Trinajstić information content (AvgIpc) is 2.50. The second kappa shape index (κ2) is 5.57. The van der Waals surface area contributed by atoms with Gasteiger partial charge in [0.25, 0.3) is 0 Å². The zero-order valence-corrected chi connectivity index (χ0v) is 12.2. The molecule has 0 aliphatic heterocycles. The van der Waals surface area contributed by atoms with E-state index < -0.39 is 5.43 Å². The number of benzene rings is 2. The Kier molecular flexibility index (Phi) is 3.57. The summed E-state index contributed by atoms with van der Waals surface area (Å²) < 4.78 is 11.1. The summed E-state index contributed by atoms with van der Waals surface area (Å²) in [6, 6.07) is 8.37. The van der Waals surface area contributed by atoms with Crippen LogP contribution in [0.2, 0.25) is 0 Å². The van der Waals surface area contributed by atoms with Crippen molar-refractivity contribution in [1.82, 2.24) is 0 Å². The van der Waals surface area contributed by atoms with Crippen LogP contribution >= 0.6 is 0 Å². The van der Waals surface area contributed by atoms with Crippen LogP contribution in [0.5, 0.6) is 23.0 Å². The molecule has 0 aliphatic carbocycles. The van der Waals surface area contributed by atoms with E-state index in [2.05, 4.69) is 0 Å². The van der Waals surface area contributed by atoms with Crippen LogP contribution in [0.15, 0.2) is 45.6 Å². The smallest absolute Gasteiger partial charge is 0.239 e. The fourth-order valence-corrected chi connectivity index (χ4v) is 2.35. The molecule has 118 valence electrons. The highest BCUT2D eigenvalue weighted by atomic mass is 16.5. The van der Waals surface area contributed by atoms with Gasteiger partial charge in [-0.25, -0.2) is 0 Å². The summed E-state index contributed by atoms with van der Waals surface area (Å²) in [7, 11) is 0. The van der Waals surface area contributed by atoms with Crippen molar-refractivity contribution in [2.75, 3.05) is 6.61 Å². The summed E-state index contributed by atoms with van der Waals surface area (Å²) in [5.41, 5.74) is 0.0285. The normalized spacial score (nSPS) is 10.8. The standard InChI is InChI=1S/C17H14O6/c1-2-22-17-15(21)14-12(20)7-11(19)8-13(14)23-16(17)9-3-5-10(18)6-4-9/h3-8,18-20H,2H2,1H3. The maximum Gasteiger partial charge on any atom is 0.239 e. The van der Waals surface area contributed by atoms with Crippen molar-refractivity contribution < 1.29 is 24.5 Å². The maximum atomic E-state index is 12.6. The maximum absolute atomic E-state index is 12.6. The molecule has 0 bridgehead atoms. The third kappa shape index (κ3) is 2.55. The lowest BCUT2D eigenvalue weighted by Gasteiger charge is -2.11. The minimum atomic E-state index is -0.534. The minimum Gasteiger partial charge on any atom is -0.508 e. The van der Waals surface area contributed by atoms with Gasteiger partial charge in [-0.3, -0.25) is 4.79 Å². The number of rotatable bonds is 3. The van der Waals surface area contributed by atoms with Crippen molar-refractivity contribution in [2.45, 2.75) is 6.92 Å². The van der Waals surface area contributed by atoms with E-state index in [9.17, 15) is 20.1 Å². The van der Waals surface area contributed by atoms with E-state index in [4.69, 9.17) is 9.15 Å². The SMILES string of the molecule is CCOc1c(-c2ccc(O)cc2)oc2cc(O)cc(O)c2c1=O. The van der Waals surface area contributed by atoms with E-state index in [1.165, 1.54) is 18.2 Å². The number of hydrogen-bond acceptors (Lipinski definition) is 6. The van der Waals surface area contributed by atoms with E-state index in [-0.39, 0.29) is 46.3 Å². The Morgan fingerprint density at radius 2 is 1.74 bits per heavy atom. The summed E-state index contributed by atoms with van der Waals surface area (Å²) in [6.45, 7) is 1.96. The molecule has 1 aromatic heterocycles. The number of aromatic hydroxyl groups is 3. The Balaban J connectivity index is 2.38. The first-order valence-corrected chi connectivity index (χ1v) is 6.96. The minimum absolute atomic E-state index is 0.0355. The van der Waals surface area contributed by atoms with Gasteiger partial charge in [0, 0.05) is 17.7 Å². The molecule has 0 spiro atoms. The highest BCUT2D eigenvalue weighted by Gasteiger charge is 2.20. The van der Waals surface area contributed by atoms with Crippen LogP contribution in [-0.4, -0.2) is 21.9 Å². The van der Waals surface area contributed by atoms with Crippen molar-refractivity contribution in [2.24, 2.45) is 0 Å². The third-order valence-electron chi connectivity index (χ3n) is 3.34. The van der Waals surface area contributed by atoms with Gasteiger partial charge in [0.15, 0.2) is 5.76 Å². The first-order valence-electron chi connectivity index (χ1n) is 6.96. The molecule has 0 aliphatic rings. The first kappa shape index (κ1) is 14.8. The lowest BCUT2D eigenvalue weighted by atomic mass is 10.1. The van der Waals surface area contributed by atoms with Crippen LogP contribution in [0.3, 0.4) is 0 Å². The summed E-state index contributed by atoms with van der Waals surface area (Å²) in [4.78, 5) is 12.6. The van der Waals surface area contributed by atoms with E-state index in [1.54, 1.807) is 19.1 Å². The Bertz CT molecular complexity index is 924. The van der Waals surface area contributed by atoms with Crippen LogP contribution in [0.1, 0.15) is 6.92 Å². The second-order valence-corrected chi connectivity index (χ2v) is 4.91. The Morgan fingerprint density at radius 1 is 1.04 bits per heavy atom. The molecule has 1 heterocycles. The van der Waals surface area contributed by atoms with Gasteiger partial charge in [-0.2, -0.15) is 0 Å². The van der Waals surface area contributed by atoms with Gasteiger partial charge in [0.2, 0.25) is 11.2 Å². The third-order valence-corrected chi connectivity index (χ3v) is 3.34. The molecule has 0 fully saturated rings. The van der Waals surface area contributed by atoms with Gasteiger partial charge < -0.3 is 24.5 Å². The highest BCUT2D eigenvalue weighted by Crippen LogP contribution is 2.35. The number of fused-ring (bicyclic) bond motifs is 1. The van der Waals surface area contributed by atoms with Crippen LogP contribution in [0.4, 0.5) is 0 Å². The highest BCUT2D eigenvalue weighted by molar-refractivity contribution is 5.88. The number of phenols is 3. The predicted molar refractivity (Wildman–Crippen MR) is 84.1 cm³/mol. The molecular formula is C17H14O6. The first-order chi connectivity index (χ1) is 11.0. The Morgan fingerprint density at radius 3 is 2.39 bits per heavy atom. The molecule has 0 unspecified atom stereocenters. The summed E-state index contributed by atoms with van der Waals surface area (Å²) >= 11 is 0. The number of ether oxygens (including phenoxy) is 1. The van der Waals surface area contributed by atoms with Gasteiger partial charge in [-0.05, 0) is 31.2 Å². The number of hydrogen-bond donors (Lipinski definition) is 3. The van der Waals surface area contributed by atoms with Gasteiger partial charge in [-0.1, -0.05) is 0 Å². The molecule has 0 radical (unpaired) electrons. The molecular weight excluding hydrogens is 300 g/mol. The zero-order chi connectivity index (χ0) is 16.6. The van der Waals surface area contributed by atoms with Crippen molar-refractivity contribution >= 4 is 11.0 Å². The summed E-state index contributed by atoms with van der Waals surface area (Å²) in [6.07, 6.45) is 0. The van der Waals surface area contributed by atoms with E-state index in [0.717, 1.165) is 6.07 Å². The number of phenolic OH excluding ortho intramolecular Hbond substituents is 3. The van der Waals surface area contributed by atoms with Gasteiger partial charge in [0.1, 0.15) is 28.2 Å². The summed E-state index contributed by atoms with van der Waals surface area (Å²) in [5, 5.41) is 28.8. The molecule has 6 heteroatoms. The molecule has 0 saturated carbocycles. The Labute approximate surface area is 130 Å². The molecule has 3 rings (SSSR count). The van der Waals surface area contributed by atoms with Crippen molar-refractivity contribution in [3.8, 4) is 34.3 Å². The molecule has 0 saturated heterocycles. The Hall–Kier alpha value is -3.15. The quantitative estimate of drug-likeness (QED) is 0.687. The second-order valence-electron chi connectivity index (χ2n) is 4.91. The molecule has 0 atom stereocenters.